The molecule has 6 heteroatoms. The Balaban J connectivity index is 1.41. The smallest absolute Gasteiger partial charge is 0.223 e. The van der Waals surface area contributed by atoms with Gasteiger partial charge in [-0.25, -0.2) is 0 Å². The second kappa shape index (κ2) is 7.62. The molecule has 0 aromatic rings. The van der Waals surface area contributed by atoms with Gasteiger partial charge in [-0.3, -0.25) is 9.59 Å². The molecular weight excluding hydrogens is 296 g/mol. The Morgan fingerprint density at radius 3 is 2.48 bits per heavy atom. The van der Waals surface area contributed by atoms with Gasteiger partial charge in [0.2, 0.25) is 11.8 Å². The lowest BCUT2D eigenvalue weighted by Crippen LogP contribution is -2.53. The van der Waals surface area contributed by atoms with Crippen LogP contribution in [0.2, 0.25) is 0 Å². The minimum atomic E-state index is -0.408. The molecule has 0 aromatic heterocycles. The van der Waals surface area contributed by atoms with Crippen LogP contribution in [-0.4, -0.2) is 48.3 Å². The van der Waals surface area contributed by atoms with Gasteiger partial charge in [-0.05, 0) is 44.4 Å². The van der Waals surface area contributed by atoms with Gasteiger partial charge in [-0.1, -0.05) is 6.42 Å². The molecule has 3 fully saturated rings. The molecule has 3 N–H and O–H groups in total. The first-order valence-corrected chi connectivity index (χ1v) is 8.99. The van der Waals surface area contributed by atoms with Gasteiger partial charge in [0, 0.05) is 12.5 Å². The van der Waals surface area contributed by atoms with Crippen LogP contribution < -0.4 is 10.6 Å². The Labute approximate surface area is 137 Å². The molecule has 1 saturated heterocycles. The molecular formula is C17H28N2O4. The summed E-state index contributed by atoms with van der Waals surface area (Å²) in [5.74, 6) is 0.919. The van der Waals surface area contributed by atoms with E-state index in [-0.39, 0.29) is 36.5 Å². The molecule has 23 heavy (non-hydrogen) atoms. The van der Waals surface area contributed by atoms with E-state index in [4.69, 9.17) is 4.74 Å². The molecule has 6 nitrogen and oxygen atoms in total. The zero-order valence-electron chi connectivity index (χ0n) is 13.6. The number of aliphatic hydroxyl groups excluding tert-OH is 1. The van der Waals surface area contributed by atoms with Crippen molar-refractivity contribution in [3.8, 4) is 0 Å². The van der Waals surface area contributed by atoms with Crippen LogP contribution in [0.4, 0.5) is 0 Å². The first-order chi connectivity index (χ1) is 11.2. The lowest BCUT2D eigenvalue weighted by Gasteiger charge is -2.37. The fourth-order valence-electron chi connectivity index (χ4n) is 3.28. The Hall–Kier alpha value is -1.14. The molecule has 0 radical (unpaired) electrons. The van der Waals surface area contributed by atoms with Gasteiger partial charge in [-0.15, -0.1) is 0 Å². The predicted octanol–water partition coefficient (Wildman–Crippen LogP) is 0.727. The summed E-state index contributed by atoms with van der Waals surface area (Å²) < 4.78 is 5.85. The Morgan fingerprint density at radius 2 is 1.87 bits per heavy atom. The zero-order valence-corrected chi connectivity index (χ0v) is 13.6. The summed E-state index contributed by atoms with van der Waals surface area (Å²) in [6, 6.07) is -0.140. The zero-order chi connectivity index (χ0) is 16.2. The normalized spacial score (nSPS) is 31.3. The fourth-order valence-corrected chi connectivity index (χ4v) is 3.28. The van der Waals surface area contributed by atoms with Crippen molar-refractivity contribution >= 4 is 11.8 Å². The third-order valence-electron chi connectivity index (χ3n) is 5.30. The van der Waals surface area contributed by atoms with Crippen molar-refractivity contribution in [2.45, 2.75) is 69.6 Å². The standard InChI is InChI=1S/C17H28N2O4/c20-10-15-14(19-17(22)12-2-1-3-12)7-6-13(23-15)8-16(21)18-9-11-4-5-11/h11-15,20H,1-10H2,(H,18,21)(H,19,22)/t13-,14-,15-/m0/s1. The molecule has 0 spiro atoms. The maximum Gasteiger partial charge on any atom is 0.223 e. The highest BCUT2D eigenvalue weighted by Gasteiger charge is 2.35. The third kappa shape index (κ3) is 4.67. The van der Waals surface area contributed by atoms with Crippen molar-refractivity contribution in [2.24, 2.45) is 11.8 Å². The molecule has 1 heterocycles. The highest BCUT2D eigenvalue weighted by Crippen LogP contribution is 2.29. The molecule has 0 aromatic carbocycles. The van der Waals surface area contributed by atoms with Crippen LogP contribution in [0.25, 0.3) is 0 Å². The SMILES string of the molecule is O=C(C[C@@H]1CC[C@H](NC(=O)C2CCC2)[C@H](CO)O1)NCC1CC1. The van der Waals surface area contributed by atoms with E-state index < -0.39 is 6.10 Å². The molecule has 2 saturated carbocycles. The number of rotatable bonds is 7. The lowest BCUT2D eigenvalue weighted by molar-refractivity contribution is -0.138. The van der Waals surface area contributed by atoms with Gasteiger partial charge in [0.25, 0.3) is 0 Å². The largest absolute Gasteiger partial charge is 0.394 e. The summed E-state index contributed by atoms with van der Waals surface area (Å²) in [4.78, 5) is 24.0. The van der Waals surface area contributed by atoms with Crippen LogP contribution in [-0.2, 0) is 14.3 Å². The van der Waals surface area contributed by atoms with Crippen LogP contribution in [0.1, 0.15) is 51.4 Å². The van der Waals surface area contributed by atoms with Crippen molar-refractivity contribution < 1.29 is 19.4 Å². The summed E-state index contributed by atoms with van der Waals surface area (Å²) in [5.41, 5.74) is 0. The second-order valence-electron chi connectivity index (χ2n) is 7.25. The maximum atomic E-state index is 12.1. The topological polar surface area (TPSA) is 87.7 Å². The summed E-state index contributed by atoms with van der Waals surface area (Å²) in [6.45, 7) is 0.644. The van der Waals surface area contributed by atoms with Gasteiger partial charge >= 0.3 is 0 Å². The fraction of sp³-hybridized carbons (Fsp3) is 0.882. The number of hydrogen-bond donors (Lipinski definition) is 3. The van der Waals surface area contributed by atoms with Crippen molar-refractivity contribution in [3.63, 3.8) is 0 Å². The van der Waals surface area contributed by atoms with Gasteiger partial charge in [-0.2, -0.15) is 0 Å². The first-order valence-electron chi connectivity index (χ1n) is 8.99. The minimum Gasteiger partial charge on any atom is -0.394 e. The van der Waals surface area contributed by atoms with E-state index in [1.54, 1.807) is 0 Å². The molecule has 3 atom stereocenters. The number of ether oxygens (including phenoxy) is 1. The van der Waals surface area contributed by atoms with Crippen LogP contribution in [0.5, 0.6) is 0 Å². The van der Waals surface area contributed by atoms with Crippen LogP contribution in [0, 0.1) is 11.8 Å². The molecule has 130 valence electrons. The lowest BCUT2D eigenvalue weighted by atomic mass is 9.84. The van der Waals surface area contributed by atoms with Crippen molar-refractivity contribution in [2.75, 3.05) is 13.2 Å². The third-order valence-corrected chi connectivity index (χ3v) is 5.30. The summed E-state index contributed by atoms with van der Waals surface area (Å²) in [7, 11) is 0. The van der Waals surface area contributed by atoms with E-state index in [1.807, 2.05) is 0 Å². The number of hydrogen-bond acceptors (Lipinski definition) is 4. The molecule has 1 aliphatic heterocycles. The van der Waals surface area contributed by atoms with Crippen LogP contribution >= 0.6 is 0 Å². The highest BCUT2D eigenvalue weighted by molar-refractivity contribution is 5.79. The average Bonchev–Trinajstić information content (AvgIpc) is 3.29. The van der Waals surface area contributed by atoms with Crippen LogP contribution in [0.15, 0.2) is 0 Å². The Morgan fingerprint density at radius 1 is 1.09 bits per heavy atom. The number of carbonyl (C=O) groups is 2. The van der Waals surface area contributed by atoms with E-state index in [2.05, 4.69) is 10.6 Å². The van der Waals surface area contributed by atoms with E-state index in [0.29, 0.717) is 12.3 Å². The Kier molecular flexibility index (Phi) is 5.54. The monoisotopic (exact) mass is 324 g/mol. The molecule has 0 bridgehead atoms. The Bertz CT molecular complexity index is 434. The molecule has 0 unspecified atom stereocenters. The van der Waals surface area contributed by atoms with Crippen molar-refractivity contribution in [1.29, 1.82) is 0 Å². The maximum absolute atomic E-state index is 12.1. The quantitative estimate of drug-likeness (QED) is 0.644. The van der Waals surface area contributed by atoms with Gasteiger partial charge < -0.3 is 20.5 Å². The molecule has 3 aliphatic rings. The van der Waals surface area contributed by atoms with Gasteiger partial charge in [0.1, 0.15) is 6.10 Å². The highest BCUT2D eigenvalue weighted by atomic mass is 16.5. The van der Waals surface area contributed by atoms with Crippen molar-refractivity contribution in [3.05, 3.63) is 0 Å². The first kappa shape index (κ1) is 16.7. The number of carbonyl (C=O) groups excluding carboxylic acids is 2. The number of aliphatic hydroxyl groups is 1. The van der Waals surface area contributed by atoms with E-state index in [9.17, 15) is 14.7 Å². The number of nitrogens with one attached hydrogen (secondary N) is 2. The van der Waals surface area contributed by atoms with Gasteiger partial charge in [0.15, 0.2) is 0 Å². The summed E-state index contributed by atoms with van der Waals surface area (Å²) in [5, 5.41) is 15.5. The summed E-state index contributed by atoms with van der Waals surface area (Å²) >= 11 is 0. The molecule has 2 amide bonds. The second-order valence-corrected chi connectivity index (χ2v) is 7.25. The van der Waals surface area contributed by atoms with E-state index in [1.165, 1.54) is 12.8 Å². The van der Waals surface area contributed by atoms with Crippen LogP contribution in [0.3, 0.4) is 0 Å². The van der Waals surface area contributed by atoms with E-state index >= 15 is 0 Å². The van der Waals surface area contributed by atoms with Gasteiger partial charge in [0.05, 0.1) is 25.2 Å². The molecule has 2 aliphatic carbocycles. The van der Waals surface area contributed by atoms with Crippen molar-refractivity contribution in [1.82, 2.24) is 10.6 Å². The number of amides is 2. The van der Waals surface area contributed by atoms with E-state index in [0.717, 1.165) is 38.6 Å². The average molecular weight is 324 g/mol. The minimum absolute atomic E-state index is 0.0237. The molecule has 3 rings (SSSR count). The summed E-state index contributed by atoms with van der Waals surface area (Å²) in [6.07, 6.45) is 6.75. The predicted molar refractivity (Wildman–Crippen MR) is 84.6 cm³/mol.